The van der Waals surface area contributed by atoms with E-state index in [1.807, 2.05) is 0 Å². The van der Waals surface area contributed by atoms with Crippen molar-refractivity contribution in [3.05, 3.63) is 0 Å². The highest BCUT2D eigenvalue weighted by atomic mass is 16.5. The Hall–Kier alpha value is -0.120. The molecule has 1 rings (SSSR count). The van der Waals surface area contributed by atoms with Crippen LogP contribution in [0.2, 0.25) is 0 Å². The standard InChI is InChI=1S/C9H19NO2/c1-3-10(4-2)7-9(11)5-6-12-8-9/h11H,3-8H2,1-2H3. The first kappa shape index (κ1) is 9.96. The first-order chi connectivity index (χ1) is 5.70. The molecule has 0 radical (unpaired) electrons. The lowest BCUT2D eigenvalue weighted by Gasteiger charge is -2.28. The highest BCUT2D eigenvalue weighted by molar-refractivity contribution is 4.85. The number of aliphatic hydroxyl groups is 1. The number of likely N-dealkylation sites (N-methyl/N-ethyl adjacent to an activating group) is 1. The van der Waals surface area contributed by atoms with E-state index in [9.17, 15) is 5.11 Å². The summed E-state index contributed by atoms with van der Waals surface area (Å²) in [4.78, 5) is 2.23. The van der Waals surface area contributed by atoms with Crippen LogP contribution in [0, 0.1) is 0 Å². The lowest BCUT2D eigenvalue weighted by atomic mass is 10.0. The summed E-state index contributed by atoms with van der Waals surface area (Å²) in [6.45, 7) is 8.18. The van der Waals surface area contributed by atoms with Crippen molar-refractivity contribution in [2.24, 2.45) is 0 Å². The summed E-state index contributed by atoms with van der Waals surface area (Å²) in [5.74, 6) is 0. The van der Waals surface area contributed by atoms with E-state index in [1.54, 1.807) is 0 Å². The van der Waals surface area contributed by atoms with Gasteiger partial charge < -0.3 is 14.7 Å². The van der Waals surface area contributed by atoms with Gasteiger partial charge in [0.25, 0.3) is 0 Å². The number of rotatable bonds is 4. The number of hydrogen-bond donors (Lipinski definition) is 1. The fourth-order valence-electron chi connectivity index (χ4n) is 1.58. The Morgan fingerprint density at radius 1 is 1.42 bits per heavy atom. The first-order valence-electron chi connectivity index (χ1n) is 4.72. The Kier molecular flexibility index (Phi) is 3.50. The van der Waals surface area contributed by atoms with Crippen molar-refractivity contribution in [3.8, 4) is 0 Å². The van der Waals surface area contributed by atoms with Crippen molar-refractivity contribution in [2.45, 2.75) is 25.9 Å². The lowest BCUT2D eigenvalue weighted by Crippen LogP contribution is -2.43. The van der Waals surface area contributed by atoms with Gasteiger partial charge in [-0.1, -0.05) is 13.8 Å². The summed E-state index contributed by atoms with van der Waals surface area (Å²) in [7, 11) is 0. The minimum absolute atomic E-state index is 0.503. The van der Waals surface area contributed by atoms with E-state index in [2.05, 4.69) is 18.7 Å². The van der Waals surface area contributed by atoms with E-state index < -0.39 is 5.60 Å². The molecule has 0 aromatic heterocycles. The van der Waals surface area contributed by atoms with Crippen LogP contribution in [0.15, 0.2) is 0 Å². The maximum atomic E-state index is 9.96. The van der Waals surface area contributed by atoms with E-state index in [4.69, 9.17) is 4.74 Å². The van der Waals surface area contributed by atoms with Crippen LogP contribution in [0.4, 0.5) is 0 Å². The van der Waals surface area contributed by atoms with E-state index in [1.165, 1.54) is 0 Å². The predicted molar refractivity (Wildman–Crippen MR) is 48.2 cm³/mol. The van der Waals surface area contributed by atoms with Crippen molar-refractivity contribution in [1.29, 1.82) is 0 Å². The molecule has 0 spiro atoms. The highest BCUT2D eigenvalue weighted by Crippen LogP contribution is 2.19. The Labute approximate surface area is 74.3 Å². The van der Waals surface area contributed by atoms with Gasteiger partial charge >= 0.3 is 0 Å². The van der Waals surface area contributed by atoms with Gasteiger partial charge in [0.15, 0.2) is 0 Å². The van der Waals surface area contributed by atoms with Crippen LogP contribution in [0.25, 0.3) is 0 Å². The molecule has 1 heterocycles. The van der Waals surface area contributed by atoms with Gasteiger partial charge in [0.2, 0.25) is 0 Å². The lowest BCUT2D eigenvalue weighted by molar-refractivity contribution is -0.00223. The predicted octanol–water partition coefficient (Wildman–Crippen LogP) is 0.480. The molecule has 1 aliphatic rings. The molecule has 1 saturated heterocycles. The SMILES string of the molecule is CCN(CC)CC1(O)CCOC1. The van der Waals surface area contributed by atoms with Crippen molar-refractivity contribution in [3.63, 3.8) is 0 Å². The normalized spacial score (nSPS) is 30.0. The summed E-state index contributed by atoms with van der Waals surface area (Å²) in [6.07, 6.45) is 0.781. The number of hydrogen-bond acceptors (Lipinski definition) is 3. The number of ether oxygens (including phenoxy) is 1. The van der Waals surface area contributed by atoms with Crippen LogP contribution in [0.1, 0.15) is 20.3 Å². The largest absolute Gasteiger partial charge is 0.386 e. The number of nitrogens with zero attached hydrogens (tertiary/aromatic N) is 1. The van der Waals surface area contributed by atoms with Crippen LogP contribution in [-0.2, 0) is 4.74 Å². The Morgan fingerprint density at radius 2 is 2.08 bits per heavy atom. The zero-order valence-electron chi connectivity index (χ0n) is 8.05. The van der Waals surface area contributed by atoms with Crippen molar-refractivity contribution < 1.29 is 9.84 Å². The fraction of sp³-hybridized carbons (Fsp3) is 1.00. The second-order valence-electron chi connectivity index (χ2n) is 3.49. The molecule has 0 saturated carbocycles. The highest BCUT2D eigenvalue weighted by Gasteiger charge is 2.33. The third-order valence-electron chi connectivity index (χ3n) is 2.49. The van der Waals surface area contributed by atoms with Crippen molar-refractivity contribution in [1.82, 2.24) is 4.90 Å². The summed E-state index contributed by atoms with van der Waals surface area (Å²) in [5, 5.41) is 9.96. The molecule has 0 amide bonds. The third kappa shape index (κ3) is 2.44. The molecule has 0 aromatic rings. The van der Waals surface area contributed by atoms with Gasteiger partial charge in [0.1, 0.15) is 5.60 Å². The summed E-state index contributed by atoms with van der Waals surface area (Å²) >= 11 is 0. The van der Waals surface area contributed by atoms with Crippen LogP contribution >= 0.6 is 0 Å². The van der Waals surface area contributed by atoms with Gasteiger partial charge in [0.05, 0.1) is 6.61 Å². The molecule has 3 heteroatoms. The molecule has 1 atom stereocenters. The zero-order chi connectivity index (χ0) is 9.03. The van der Waals surface area contributed by atoms with Crippen LogP contribution < -0.4 is 0 Å². The third-order valence-corrected chi connectivity index (χ3v) is 2.49. The van der Waals surface area contributed by atoms with E-state index in [0.717, 1.165) is 26.1 Å². The van der Waals surface area contributed by atoms with Gasteiger partial charge in [0, 0.05) is 19.6 Å². The molecule has 0 bridgehead atoms. The Balaban J connectivity index is 2.36. The molecule has 0 aliphatic carbocycles. The molecule has 12 heavy (non-hydrogen) atoms. The quantitative estimate of drug-likeness (QED) is 0.671. The average Bonchev–Trinajstić information content (AvgIpc) is 2.48. The average molecular weight is 173 g/mol. The van der Waals surface area contributed by atoms with Gasteiger partial charge in [-0.05, 0) is 13.1 Å². The monoisotopic (exact) mass is 173 g/mol. The van der Waals surface area contributed by atoms with Crippen LogP contribution in [0.5, 0.6) is 0 Å². The Morgan fingerprint density at radius 3 is 2.50 bits per heavy atom. The van der Waals surface area contributed by atoms with E-state index in [0.29, 0.717) is 13.2 Å². The second-order valence-corrected chi connectivity index (χ2v) is 3.49. The minimum Gasteiger partial charge on any atom is -0.386 e. The molecule has 1 unspecified atom stereocenters. The van der Waals surface area contributed by atoms with Crippen LogP contribution in [-0.4, -0.2) is 48.5 Å². The van der Waals surface area contributed by atoms with Crippen molar-refractivity contribution in [2.75, 3.05) is 32.8 Å². The Bertz CT molecular complexity index is 128. The molecule has 1 aliphatic heterocycles. The minimum atomic E-state index is -0.577. The molecule has 1 fully saturated rings. The van der Waals surface area contributed by atoms with E-state index >= 15 is 0 Å². The van der Waals surface area contributed by atoms with E-state index in [-0.39, 0.29) is 0 Å². The zero-order valence-corrected chi connectivity index (χ0v) is 8.05. The first-order valence-corrected chi connectivity index (χ1v) is 4.72. The summed E-state index contributed by atoms with van der Waals surface area (Å²) < 4.78 is 5.17. The second kappa shape index (κ2) is 4.21. The van der Waals surface area contributed by atoms with Gasteiger partial charge in [-0.25, -0.2) is 0 Å². The molecule has 3 nitrogen and oxygen atoms in total. The molecule has 0 aromatic carbocycles. The summed E-state index contributed by atoms with van der Waals surface area (Å²) in [5.41, 5.74) is -0.577. The fourth-order valence-corrected chi connectivity index (χ4v) is 1.58. The smallest absolute Gasteiger partial charge is 0.103 e. The molecular weight excluding hydrogens is 154 g/mol. The maximum absolute atomic E-state index is 9.96. The topological polar surface area (TPSA) is 32.7 Å². The van der Waals surface area contributed by atoms with Gasteiger partial charge in [-0.3, -0.25) is 0 Å². The molecular formula is C9H19NO2. The van der Waals surface area contributed by atoms with Crippen molar-refractivity contribution >= 4 is 0 Å². The van der Waals surface area contributed by atoms with Crippen LogP contribution in [0.3, 0.4) is 0 Å². The maximum Gasteiger partial charge on any atom is 0.103 e. The molecule has 1 N–H and O–H groups in total. The van der Waals surface area contributed by atoms with Gasteiger partial charge in [-0.2, -0.15) is 0 Å². The van der Waals surface area contributed by atoms with Gasteiger partial charge in [-0.15, -0.1) is 0 Å². The molecule has 72 valence electrons. The summed E-state index contributed by atoms with van der Waals surface area (Å²) in [6, 6.07) is 0.